The van der Waals surface area contributed by atoms with Crippen LogP contribution in [0.5, 0.6) is 0 Å². The van der Waals surface area contributed by atoms with Gasteiger partial charge in [-0.2, -0.15) is 0 Å². The van der Waals surface area contributed by atoms with Crippen molar-refractivity contribution in [2.45, 2.75) is 30.8 Å². The van der Waals surface area contributed by atoms with Gasteiger partial charge in [-0.25, -0.2) is 17.5 Å². The zero-order valence-electron chi connectivity index (χ0n) is 15.2. The highest BCUT2D eigenvalue weighted by Gasteiger charge is 2.42. The monoisotopic (exact) mass is 389 g/mol. The van der Waals surface area contributed by atoms with E-state index in [1.165, 1.54) is 12.1 Å². The number of sulfonamides is 1. The molecule has 142 valence electrons. The van der Waals surface area contributed by atoms with Crippen LogP contribution in [-0.4, -0.2) is 27.7 Å². The standard InChI is InChI=1S/C19H21BFNO4S/c1-14-19(2,3)26-20(25-14)16-6-4-15(5-7-16)12-13-22-27(23,24)18-10-8-17(21)9-11-18/h4-11,22H,1,12-13H2,2-3H3. The van der Waals surface area contributed by atoms with Crippen LogP contribution in [0, 0.1) is 5.82 Å². The molecule has 1 N–H and O–H groups in total. The summed E-state index contributed by atoms with van der Waals surface area (Å²) in [5, 5.41) is 0. The molecule has 1 aliphatic heterocycles. The number of benzene rings is 2. The Kier molecular flexibility index (Phi) is 5.42. The maximum Gasteiger partial charge on any atom is 0.563 e. The first-order valence-corrected chi connectivity index (χ1v) is 10.0. The van der Waals surface area contributed by atoms with Gasteiger partial charge in [-0.3, -0.25) is 0 Å². The molecule has 27 heavy (non-hydrogen) atoms. The highest BCUT2D eigenvalue weighted by molar-refractivity contribution is 7.89. The zero-order valence-corrected chi connectivity index (χ0v) is 16.1. The van der Waals surface area contributed by atoms with Crippen molar-refractivity contribution in [3.05, 3.63) is 72.2 Å². The zero-order chi connectivity index (χ0) is 19.7. The molecular formula is C19H21BFNO4S. The van der Waals surface area contributed by atoms with Crippen molar-refractivity contribution in [1.29, 1.82) is 0 Å². The van der Waals surface area contributed by atoms with Crippen molar-refractivity contribution in [1.82, 2.24) is 4.72 Å². The quantitative estimate of drug-likeness (QED) is 0.771. The predicted molar refractivity (Wildman–Crippen MR) is 103 cm³/mol. The van der Waals surface area contributed by atoms with Crippen molar-refractivity contribution in [2.24, 2.45) is 0 Å². The van der Waals surface area contributed by atoms with Gasteiger partial charge < -0.3 is 9.31 Å². The van der Waals surface area contributed by atoms with Gasteiger partial charge >= 0.3 is 7.12 Å². The van der Waals surface area contributed by atoms with Crippen LogP contribution in [0.15, 0.2) is 65.8 Å². The number of hydrogen-bond acceptors (Lipinski definition) is 4. The Morgan fingerprint density at radius 1 is 1.11 bits per heavy atom. The Labute approximate surface area is 159 Å². The summed E-state index contributed by atoms with van der Waals surface area (Å²) in [6.07, 6.45) is 0.519. The van der Waals surface area contributed by atoms with E-state index in [1.54, 1.807) is 0 Å². The van der Waals surface area contributed by atoms with Gasteiger partial charge in [0.2, 0.25) is 10.0 Å². The smallest absolute Gasteiger partial charge is 0.534 e. The fraction of sp³-hybridized carbons (Fsp3) is 0.263. The van der Waals surface area contributed by atoms with Crippen LogP contribution >= 0.6 is 0 Å². The average molecular weight is 389 g/mol. The molecule has 0 atom stereocenters. The summed E-state index contributed by atoms with van der Waals surface area (Å²) in [7, 11) is -4.14. The number of hydrogen-bond donors (Lipinski definition) is 1. The van der Waals surface area contributed by atoms with Gasteiger partial charge in [0, 0.05) is 6.54 Å². The van der Waals surface area contributed by atoms with Gasteiger partial charge in [0.05, 0.1) is 10.7 Å². The van der Waals surface area contributed by atoms with Gasteiger partial charge in [-0.1, -0.05) is 30.8 Å². The second-order valence-corrected chi connectivity index (χ2v) is 8.61. The lowest BCUT2D eigenvalue weighted by atomic mass is 9.79. The second kappa shape index (κ2) is 7.46. The molecule has 2 aromatic rings. The number of nitrogens with one attached hydrogen (secondary N) is 1. The van der Waals surface area contributed by atoms with Crippen molar-refractivity contribution in [3.63, 3.8) is 0 Å². The minimum absolute atomic E-state index is 0.0395. The Balaban J connectivity index is 1.56. The van der Waals surface area contributed by atoms with Gasteiger partial charge in [0.15, 0.2) is 0 Å². The minimum Gasteiger partial charge on any atom is -0.534 e. The van der Waals surface area contributed by atoms with Crippen molar-refractivity contribution >= 4 is 22.6 Å². The summed E-state index contributed by atoms with van der Waals surface area (Å²) in [4.78, 5) is 0.0395. The van der Waals surface area contributed by atoms with Gasteiger partial charge in [0.25, 0.3) is 0 Å². The summed E-state index contributed by atoms with van der Waals surface area (Å²) in [6.45, 7) is 7.90. The third-order valence-corrected chi connectivity index (χ3v) is 5.88. The van der Waals surface area contributed by atoms with Gasteiger partial charge in [-0.15, -0.1) is 0 Å². The summed E-state index contributed by atoms with van der Waals surface area (Å²) < 4.78 is 51.3. The molecule has 5 nitrogen and oxygen atoms in total. The summed E-state index contributed by atoms with van der Waals surface area (Å²) in [5.74, 6) is 0.114. The Morgan fingerprint density at radius 3 is 2.30 bits per heavy atom. The maximum atomic E-state index is 12.9. The van der Waals surface area contributed by atoms with Crippen LogP contribution in [0.2, 0.25) is 0 Å². The van der Waals surface area contributed by atoms with Crippen molar-refractivity contribution in [3.8, 4) is 0 Å². The van der Waals surface area contributed by atoms with Crippen LogP contribution in [0.3, 0.4) is 0 Å². The summed E-state index contributed by atoms with van der Waals surface area (Å²) >= 11 is 0. The van der Waals surface area contributed by atoms with E-state index in [1.807, 2.05) is 38.1 Å². The lowest BCUT2D eigenvalue weighted by Crippen LogP contribution is -2.34. The highest BCUT2D eigenvalue weighted by Crippen LogP contribution is 2.29. The first-order chi connectivity index (χ1) is 12.7. The van der Waals surface area contributed by atoms with E-state index >= 15 is 0 Å². The van der Waals surface area contributed by atoms with Crippen LogP contribution in [-0.2, 0) is 25.8 Å². The molecule has 3 rings (SSSR count). The Bertz CT molecular complexity index is 927. The Morgan fingerprint density at radius 2 is 1.74 bits per heavy atom. The molecule has 0 saturated carbocycles. The normalized spacial score (nSPS) is 16.4. The Hall–Kier alpha value is -2.16. The summed E-state index contributed by atoms with van der Waals surface area (Å²) in [6, 6.07) is 12.3. The molecule has 0 amide bonds. The maximum absolute atomic E-state index is 12.9. The van der Waals surface area contributed by atoms with E-state index in [-0.39, 0.29) is 11.4 Å². The van der Waals surface area contributed by atoms with Crippen LogP contribution < -0.4 is 10.2 Å². The molecule has 0 aromatic heterocycles. The molecule has 1 aliphatic rings. The predicted octanol–water partition coefficient (Wildman–Crippen LogP) is 2.38. The van der Waals surface area contributed by atoms with Crippen LogP contribution in [0.25, 0.3) is 0 Å². The van der Waals surface area contributed by atoms with Gasteiger partial charge in [-0.05, 0) is 55.6 Å². The van der Waals surface area contributed by atoms with E-state index < -0.39 is 28.6 Å². The lowest BCUT2D eigenvalue weighted by molar-refractivity contribution is 0.173. The largest absolute Gasteiger partial charge is 0.563 e. The fourth-order valence-corrected chi connectivity index (χ4v) is 3.66. The van der Waals surface area contributed by atoms with E-state index in [2.05, 4.69) is 11.3 Å². The van der Waals surface area contributed by atoms with Crippen molar-refractivity contribution < 1.29 is 22.1 Å². The SMILES string of the molecule is C=C1OB(c2ccc(CCNS(=O)(=O)c3ccc(F)cc3)cc2)OC1(C)C. The molecule has 0 unspecified atom stereocenters. The molecule has 0 aliphatic carbocycles. The summed E-state index contributed by atoms with van der Waals surface area (Å²) in [5.41, 5.74) is 1.32. The van der Waals surface area contributed by atoms with Crippen LogP contribution in [0.1, 0.15) is 19.4 Å². The first kappa shape index (κ1) is 19.6. The molecular weight excluding hydrogens is 368 g/mol. The third kappa shape index (κ3) is 4.58. The average Bonchev–Trinajstić information content (AvgIpc) is 2.89. The van der Waals surface area contributed by atoms with E-state index in [9.17, 15) is 12.8 Å². The van der Waals surface area contributed by atoms with Gasteiger partial charge in [0.1, 0.15) is 11.4 Å². The fourth-order valence-electron chi connectivity index (χ4n) is 2.63. The minimum atomic E-state index is -3.65. The molecule has 2 aromatic carbocycles. The molecule has 0 radical (unpaired) electrons. The first-order valence-electron chi connectivity index (χ1n) is 8.55. The second-order valence-electron chi connectivity index (χ2n) is 6.84. The lowest BCUT2D eigenvalue weighted by Gasteiger charge is -2.15. The van der Waals surface area contributed by atoms with E-state index in [0.717, 1.165) is 23.2 Å². The molecule has 1 fully saturated rings. The van der Waals surface area contributed by atoms with E-state index in [4.69, 9.17) is 9.31 Å². The van der Waals surface area contributed by atoms with Crippen LogP contribution in [0.4, 0.5) is 4.39 Å². The third-order valence-electron chi connectivity index (χ3n) is 4.40. The van der Waals surface area contributed by atoms with Crippen molar-refractivity contribution in [2.75, 3.05) is 6.54 Å². The number of halogens is 1. The molecule has 1 heterocycles. The molecule has 1 saturated heterocycles. The molecule has 0 spiro atoms. The van der Waals surface area contributed by atoms with E-state index in [0.29, 0.717) is 12.2 Å². The topological polar surface area (TPSA) is 64.6 Å². The number of rotatable bonds is 6. The molecule has 8 heteroatoms. The molecule has 0 bridgehead atoms. The highest BCUT2D eigenvalue weighted by atomic mass is 32.2.